The van der Waals surface area contributed by atoms with Crippen molar-refractivity contribution in [3.8, 4) is 0 Å². The van der Waals surface area contributed by atoms with Gasteiger partial charge in [0.2, 0.25) is 0 Å². The zero-order chi connectivity index (χ0) is 13.9. The first-order valence-corrected chi connectivity index (χ1v) is 5.43. The molecule has 0 aliphatic heterocycles. The van der Waals surface area contributed by atoms with E-state index in [-0.39, 0.29) is 11.5 Å². The van der Waals surface area contributed by atoms with Gasteiger partial charge in [-0.3, -0.25) is 4.90 Å². The van der Waals surface area contributed by atoms with E-state index >= 15 is 0 Å². The molecule has 0 amide bonds. The average molecular weight is 280 g/mol. The molecule has 0 spiro atoms. The molecule has 0 fully saturated rings. The molecule has 0 aliphatic rings. The summed E-state index contributed by atoms with van der Waals surface area (Å²) >= 11 is 4.77. The van der Waals surface area contributed by atoms with E-state index in [0.29, 0.717) is 11.1 Å². The summed E-state index contributed by atoms with van der Waals surface area (Å²) in [5.41, 5.74) is 6.17. The highest BCUT2D eigenvalue weighted by Crippen LogP contribution is 2.19. The van der Waals surface area contributed by atoms with Crippen molar-refractivity contribution in [1.82, 2.24) is 4.90 Å². The summed E-state index contributed by atoms with van der Waals surface area (Å²) in [7, 11) is 1.29. The fourth-order valence-electron chi connectivity index (χ4n) is 1.59. The van der Waals surface area contributed by atoms with Gasteiger partial charge in [0.1, 0.15) is 10.8 Å². The van der Waals surface area contributed by atoms with Crippen molar-refractivity contribution in [2.75, 3.05) is 13.6 Å². The van der Waals surface area contributed by atoms with Crippen molar-refractivity contribution < 1.29 is 17.6 Å². The summed E-state index contributed by atoms with van der Waals surface area (Å²) in [6.07, 6.45) is -4.30. The van der Waals surface area contributed by atoms with Gasteiger partial charge in [0.25, 0.3) is 0 Å². The maximum atomic E-state index is 13.1. The van der Waals surface area contributed by atoms with Gasteiger partial charge in [-0.15, -0.1) is 0 Å². The highest BCUT2D eigenvalue weighted by atomic mass is 32.1. The van der Waals surface area contributed by atoms with Crippen molar-refractivity contribution in [1.29, 1.82) is 0 Å². The third-order valence-corrected chi connectivity index (χ3v) is 2.44. The number of benzene rings is 1. The number of halogens is 4. The molecule has 0 unspecified atom stereocenters. The van der Waals surface area contributed by atoms with E-state index in [4.69, 9.17) is 18.0 Å². The third kappa shape index (κ3) is 4.58. The third-order valence-electron chi connectivity index (χ3n) is 2.22. The molecule has 0 bridgehead atoms. The summed E-state index contributed by atoms with van der Waals surface area (Å²) < 4.78 is 49.6. The molecule has 2 nitrogen and oxygen atoms in total. The highest BCUT2D eigenvalue weighted by Gasteiger charge is 2.29. The molecule has 2 N–H and O–H groups in total. The number of hydrogen-bond donors (Lipinski definition) is 1. The van der Waals surface area contributed by atoms with Crippen molar-refractivity contribution in [2.45, 2.75) is 12.7 Å². The lowest BCUT2D eigenvalue weighted by Gasteiger charge is -2.20. The molecular formula is C11H12F4N2S. The van der Waals surface area contributed by atoms with Crippen LogP contribution in [-0.4, -0.2) is 29.7 Å². The van der Waals surface area contributed by atoms with Gasteiger partial charge in [-0.25, -0.2) is 4.39 Å². The molecular weight excluding hydrogens is 268 g/mol. The minimum absolute atomic E-state index is 0.0328. The van der Waals surface area contributed by atoms with Crippen LogP contribution in [0, 0.1) is 5.82 Å². The van der Waals surface area contributed by atoms with Gasteiger partial charge in [-0.1, -0.05) is 12.2 Å². The number of hydrogen-bond acceptors (Lipinski definition) is 2. The van der Waals surface area contributed by atoms with Crippen LogP contribution in [0.25, 0.3) is 0 Å². The predicted octanol–water partition coefficient (Wildman–Crippen LogP) is 2.45. The summed E-state index contributed by atoms with van der Waals surface area (Å²) in [5, 5.41) is 0. The quantitative estimate of drug-likeness (QED) is 0.678. The lowest BCUT2D eigenvalue weighted by Crippen LogP contribution is -2.31. The molecule has 7 heteroatoms. The average Bonchev–Trinajstić information content (AvgIpc) is 2.13. The van der Waals surface area contributed by atoms with E-state index in [0.717, 1.165) is 11.0 Å². The first-order valence-electron chi connectivity index (χ1n) is 5.02. The maximum Gasteiger partial charge on any atom is 0.401 e. The molecule has 0 radical (unpaired) electrons. The SMILES string of the molecule is CN(Cc1cc(F)ccc1C(N)=S)CC(F)(F)F. The molecule has 0 aromatic heterocycles. The van der Waals surface area contributed by atoms with Gasteiger partial charge in [-0.05, 0) is 30.8 Å². The summed E-state index contributed by atoms with van der Waals surface area (Å²) in [6.45, 7) is -1.16. The zero-order valence-electron chi connectivity index (χ0n) is 9.59. The van der Waals surface area contributed by atoms with E-state index in [1.54, 1.807) is 0 Å². The largest absolute Gasteiger partial charge is 0.401 e. The van der Waals surface area contributed by atoms with Crippen LogP contribution in [0.15, 0.2) is 18.2 Å². The van der Waals surface area contributed by atoms with Crippen LogP contribution in [0.2, 0.25) is 0 Å². The summed E-state index contributed by atoms with van der Waals surface area (Å²) in [6, 6.07) is 3.68. The second kappa shape index (κ2) is 5.62. The summed E-state index contributed by atoms with van der Waals surface area (Å²) in [5.74, 6) is -0.537. The first-order chi connectivity index (χ1) is 8.19. The Labute approximate surface area is 107 Å². The normalized spacial score (nSPS) is 11.9. The fraction of sp³-hybridized carbons (Fsp3) is 0.364. The zero-order valence-corrected chi connectivity index (χ0v) is 10.4. The molecule has 1 aromatic carbocycles. The minimum atomic E-state index is -4.30. The minimum Gasteiger partial charge on any atom is -0.389 e. The molecule has 0 atom stereocenters. The molecule has 0 saturated heterocycles. The summed E-state index contributed by atoms with van der Waals surface area (Å²) in [4.78, 5) is 1.06. The monoisotopic (exact) mass is 280 g/mol. The Morgan fingerprint density at radius 3 is 2.50 bits per heavy atom. The van der Waals surface area contributed by atoms with Crippen LogP contribution in [0.4, 0.5) is 17.6 Å². The van der Waals surface area contributed by atoms with Crippen molar-refractivity contribution in [3.63, 3.8) is 0 Å². The molecule has 100 valence electrons. The molecule has 1 aromatic rings. The fourth-order valence-corrected chi connectivity index (χ4v) is 1.79. The number of thiocarbonyl (C=S) groups is 1. The van der Waals surface area contributed by atoms with Crippen LogP contribution < -0.4 is 5.73 Å². The number of nitrogens with zero attached hydrogens (tertiary/aromatic N) is 1. The van der Waals surface area contributed by atoms with Crippen molar-refractivity contribution in [3.05, 3.63) is 35.1 Å². The van der Waals surface area contributed by atoms with Crippen LogP contribution in [0.3, 0.4) is 0 Å². The Hall–Kier alpha value is -1.21. The van der Waals surface area contributed by atoms with Crippen LogP contribution in [-0.2, 0) is 6.54 Å². The molecule has 0 aliphatic carbocycles. The van der Waals surface area contributed by atoms with E-state index in [2.05, 4.69) is 0 Å². The predicted molar refractivity (Wildman–Crippen MR) is 64.7 cm³/mol. The van der Waals surface area contributed by atoms with E-state index < -0.39 is 18.5 Å². The van der Waals surface area contributed by atoms with Gasteiger partial charge in [-0.2, -0.15) is 13.2 Å². The Balaban J connectivity index is 2.89. The van der Waals surface area contributed by atoms with Gasteiger partial charge in [0, 0.05) is 12.1 Å². The van der Waals surface area contributed by atoms with Gasteiger partial charge >= 0.3 is 6.18 Å². The van der Waals surface area contributed by atoms with Crippen molar-refractivity contribution >= 4 is 17.2 Å². The Kier molecular flexibility index (Phi) is 4.64. The molecule has 18 heavy (non-hydrogen) atoms. The van der Waals surface area contributed by atoms with Crippen LogP contribution in [0.5, 0.6) is 0 Å². The standard InChI is InChI=1S/C11H12F4N2S/c1-17(6-11(13,14)15)5-7-4-8(12)2-3-9(7)10(16)18/h2-4H,5-6H2,1H3,(H2,16,18). The number of alkyl halides is 3. The lowest BCUT2D eigenvalue weighted by atomic mass is 10.1. The van der Waals surface area contributed by atoms with Gasteiger partial charge < -0.3 is 5.73 Å². The number of nitrogens with two attached hydrogens (primary N) is 1. The van der Waals surface area contributed by atoms with Crippen molar-refractivity contribution in [2.24, 2.45) is 5.73 Å². The van der Waals surface area contributed by atoms with Gasteiger partial charge in [0.15, 0.2) is 0 Å². The molecule has 0 saturated carbocycles. The second-order valence-electron chi connectivity index (χ2n) is 3.95. The maximum absolute atomic E-state index is 13.1. The van der Waals surface area contributed by atoms with Crippen LogP contribution >= 0.6 is 12.2 Å². The highest BCUT2D eigenvalue weighted by molar-refractivity contribution is 7.80. The van der Waals surface area contributed by atoms with E-state index in [1.807, 2.05) is 0 Å². The van der Waals surface area contributed by atoms with E-state index in [9.17, 15) is 17.6 Å². The lowest BCUT2D eigenvalue weighted by molar-refractivity contribution is -0.144. The Morgan fingerprint density at radius 2 is 2.00 bits per heavy atom. The smallest absolute Gasteiger partial charge is 0.389 e. The van der Waals surface area contributed by atoms with Gasteiger partial charge in [0.05, 0.1) is 6.54 Å². The molecule has 1 rings (SSSR count). The van der Waals surface area contributed by atoms with Crippen LogP contribution in [0.1, 0.15) is 11.1 Å². The second-order valence-corrected chi connectivity index (χ2v) is 4.39. The number of rotatable bonds is 4. The first kappa shape index (κ1) is 14.8. The molecule has 0 heterocycles. The topological polar surface area (TPSA) is 29.3 Å². The Bertz CT molecular complexity index is 445. The Morgan fingerprint density at radius 1 is 1.39 bits per heavy atom. The van der Waals surface area contributed by atoms with E-state index in [1.165, 1.54) is 19.2 Å².